The monoisotopic (exact) mass is 354 g/mol. The highest BCUT2D eigenvalue weighted by Gasteiger charge is 2.23. The van der Waals surface area contributed by atoms with E-state index in [1.54, 1.807) is 12.3 Å². The Kier molecular flexibility index (Phi) is 5.58. The third-order valence-corrected chi connectivity index (χ3v) is 4.53. The fourth-order valence-corrected chi connectivity index (χ4v) is 3.18. The molecule has 21 heavy (non-hydrogen) atoms. The molecule has 0 aliphatic carbocycles. The molecule has 0 bridgehead atoms. The van der Waals surface area contributed by atoms with Crippen LogP contribution in [0.4, 0.5) is 5.69 Å². The van der Waals surface area contributed by atoms with E-state index in [1.807, 2.05) is 0 Å². The van der Waals surface area contributed by atoms with Gasteiger partial charge in [-0.25, -0.2) is 4.68 Å². The van der Waals surface area contributed by atoms with Gasteiger partial charge >= 0.3 is 0 Å². The van der Waals surface area contributed by atoms with E-state index in [-0.39, 0.29) is 5.56 Å². The number of nitrogens with zero attached hydrogens (tertiary/aromatic N) is 3. The summed E-state index contributed by atoms with van der Waals surface area (Å²) in [6.07, 6.45) is 5.84. The van der Waals surface area contributed by atoms with Crippen molar-refractivity contribution in [3.63, 3.8) is 0 Å². The maximum atomic E-state index is 12.3. The van der Waals surface area contributed by atoms with Gasteiger partial charge in [-0.2, -0.15) is 5.10 Å². The van der Waals surface area contributed by atoms with E-state index < -0.39 is 0 Å². The molecule has 116 valence electrons. The molecule has 1 aliphatic heterocycles. The second-order valence-corrected chi connectivity index (χ2v) is 6.45. The summed E-state index contributed by atoms with van der Waals surface area (Å²) in [4.78, 5) is 14.5. The van der Waals surface area contributed by atoms with E-state index in [2.05, 4.69) is 51.7 Å². The second-order valence-electron chi connectivity index (χ2n) is 5.66. The summed E-state index contributed by atoms with van der Waals surface area (Å²) in [7, 11) is 0. The molecule has 1 saturated heterocycles. The molecular formula is C15H23BrN4O. The molecule has 0 spiro atoms. The number of allylic oxidation sites excluding steroid dienone is 1. The number of rotatable bonds is 6. The molecule has 1 aromatic heterocycles. The van der Waals surface area contributed by atoms with Crippen LogP contribution < -0.4 is 15.8 Å². The smallest absolute Gasteiger partial charge is 0.283 e. The SMILES string of the molecule is C=CCn1ncc(N(CC2CCCN2)C(C)C)c(Br)c1=O. The molecule has 1 atom stereocenters. The van der Waals surface area contributed by atoms with Crippen molar-refractivity contribution in [1.29, 1.82) is 0 Å². The first-order valence-electron chi connectivity index (χ1n) is 7.41. The Balaban J connectivity index is 2.29. The Morgan fingerprint density at radius 2 is 2.43 bits per heavy atom. The van der Waals surface area contributed by atoms with Crippen LogP contribution in [0.5, 0.6) is 0 Å². The average Bonchev–Trinajstić information content (AvgIpc) is 2.95. The molecule has 2 rings (SSSR count). The van der Waals surface area contributed by atoms with Crippen LogP contribution >= 0.6 is 15.9 Å². The minimum Gasteiger partial charge on any atom is -0.365 e. The minimum absolute atomic E-state index is 0.113. The first-order valence-corrected chi connectivity index (χ1v) is 8.20. The molecule has 0 saturated carbocycles. The summed E-state index contributed by atoms with van der Waals surface area (Å²) in [5, 5.41) is 7.75. The Morgan fingerprint density at radius 1 is 1.67 bits per heavy atom. The van der Waals surface area contributed by atoms with Gasteiger partial charge in [-0.05, 0) is 49.2 Å². The lowest BCUT2D eigenvalue weighted by atomic mass is 10.2. The first-order chi connectivity index (χ1) is 10.0. The molecule has 0 amide bonds. The number of halogens is 1. The van der Waals surface area contributed by atoms with Crippen molar-refractivity contribution in [1.82, 2.24) is 15.1 Å². The highest BCUT2D eigenvalue weighted by atomic mass is 79.9. The van der Waals surface area contributed by atoms with Crippen molar-refractivity contribution in [2.45, 2.75) is 45.3 Å². The molecule has 1 aromatic rings. The summed E-state index contributed by atoms with van der Waals surface area (Å²) in [5.74, 6) is 0. The average molecular weight is 355 g/mol. The van der Waals surface area contributed by atoms with Crippen LogP contribution in [0.15, 0.2) is 28.1 Å². The Morgan fingerprint density at radius 3 is 3.00 bits per heavy atom. The third-order valence-electron chi connectivity index (χ3n) is 3.78. The van der Waals surface area contributed by atoms with E-state index in [0.29, 0.717) is 23.1 Å². The van der Waals surface area contributed by atoms with Crippen LogP contribution in [-0.2, 0) is 6.54 Å². The van der Waals surface area contributed by atoms with Crippen LogP contribution in [0.25, 0.3) is 0 Å². The van der Waals surface area contributed by atoms with Gasteiger partial charge in [0.15, 0.2) is 0 Å². The van der Waals surface area contributed by atoms with Gasteiger partial charge in [-0.15, -0.1) is 6.58 Å². The lowest BCUT2D eigenvalue weighted by molar-refractivity contribution is 0.548. The summed E-state index contributed by atoms with van der Waals surface area (Å²) in [6, 6.07) is 0.787. The Hall–Kier alpha value is -1.14. The number of hydrogen-bond acceptors (Lipinski definition) is 4. The van der Waals surface area contributed by atoms with Crippen molar-refractivity contribution in [2.24, 2.45) is 0 Å². The van der Waals surface area contributed by atoms with Gasteiger partial charge in [0.05, 0.1) is 18.4 Å². The van der Waals surface area contributed by atoms with Gasteiger partial charge in [-0.3, -0.25) is 4.79 Å². The maximum absolute atomic E-state index is 12.3. The lowest BCUT2D eigenvalue weighted by Crippen LogP contribution is -2.42. The zero-order valence-corrected chi connectivity index (χ0v) is 14.3. The largest absolute Gasteiger partial charge is 0.365 e. The van der Waals surface area contributed by atoms with Crippen molar-refractivity contribution >= 4 is 21.6 Å². The number of hydrogen-bond donors (Lipinski definition) is 1. The van der Waals surface area contributed by atoms with Crippen molar-refractivity contribution in [2.75, 3.05) is 18.0 Å². The number of aromatic nitrogens is 2. The van der Waals surface area contributed by atoms with Gasteiger partial charge in [0, 0.05) is 18.6 Å². The van der Waals surface area contributed by atoms with Gasteiger partial charge in [0.2, 0.25) is 0 Å². The van der Waals surface area contributed by atoms with Crippen LogP contribution in [0.3, 0.4) is 0 Å². The molecule has 0 aromatic carbocycles. The summed E-state index contributed by atoms with van der Waals surface area (Å²) >= 11 is 3.45. The van der Waals surface area contributed by atoms with Crippen LogP contribution in [0.1, 0.15) is 26.7 Å². The summed E-state index contributed by atoms with van der Waals surface area (Å²) < 4.78 is 1.98. The topological polar surface area (TPSA) is 50.2 Å². The quantitative estimate of drug-likeness (QED) is 0.795. The molecule has 1 aliphatic rings. The van der Waals surface area contributed by atoms with Gasteiger partial charge in [0.1, 0.15) is 4.47 Å². The third kappa shape index (κ3) is 3.74. The zero-order chi connectivity index (χ0) is 15.4. The standard InChI is InChI=1S/C15H23BrN4O/c1-4-8-20-15(21)14(16)13(9-18-20)19(11(2)3)10-12-6-5-7-17-12/h4,9,11-12,17H,1,5-8,10H2,2-3H3. The fraction of sp³-hybridized carbons (Fsp3) is 0.600. The van der Waals surface area contributed by atoms with Crippen molar-refractivity contribution in [3.8, 4) is 0 Å². The Bertz CT molecular complexity index is 549. The molecular weight excluding hydrogens is 332 g/mol. The van der Waals surface area contributed by atoms with Crippen LogP contribution in [0, 0.1) is 0 Å². The highest BCUT2D eigenvalue weighted by Crippen LogP contribution is 2.24. The van der Waals surface area contributed by atoms with E-state index >= 15 is 0 Å². The predicted octanol–water partition coefficient (Wildman–Crippen LogP) is 2.16. The number of anilines is 1. The highest BCUT2D eigenvalue weighted by molar-refractivity contribution is 9.10. The molecule has 6 heteroatoms. The van der Waals surface area contributed by atoms with Crippen molar-refractivity contribution in [3.05, 3.63) is 33.7 Å². The minimum atomic E-state index is -0.113. The zero-order valence-electron chi connectivity index (χ0n) is 12.7. The van der Waals surface area contributed by atoms with E-state index in [0.717, 1.165) is 18.8 Å². The first kappa shape index (κ1) is 16.2. The van der Waals surface area contributed by atoms with Crippen LogP contribution in [0.2, 0.25) is 0 Å². The molecule has 5 nitrogen and oxygen atoms in total. The lowest BCUT2D eigenvalue weighted by Gasteiger charge is -2.32. The predicted molar refractivity (Wildman–Crippen MR) is 89.9 cm³/mol. The number of nitrogens with one attached hydrogen (secondary N) is 1. The van der Waals surface area contributed by atoms with Crippen molar-refractivity contribution < 1.29 is 0 Å². The van der Waals surface area contributed by atoms with Gasteiger partial charge in [0.25, 0.3) is 5.56 Å². The normalized spacial score (nSPS) is 18.2. The second kappa shape index (κ2) is 7.22. The maximum Gasteiger partial charge on any atom is 0.283 e. The summed E-state index contributed by atoms with van der Waals surface area (Å²) in [6.45, 7) is 10.3. The summed E-state index contributed by atoms with van der Waals surface area (Å²) in [5.41, 5.74) is 0.751. The molecule has 1 unspecified atom stereocenters. The Labute approximate surface area is 134 Å². The fourth-order valence-electron chi connectivity index (χ4n) is 2.65. The van der Waals surface area contributed by atoms with E-state index in [9.17, 15) is 4.79 Å². The van der Waals surface area contributed by atoms with Gasteiger partial charge < -0.3 is 10.2 Å². The van der Waals surface area contributed by atoms with Gasteiger partial charge in [-0.1, -0.05) is 6.08 Å². The van der Waals surface area contributed by atoms with Crippen LogP contribution in [-0.4, -0.2) is 35.0 Å². The molecule has 0 radical (unpaired) electrons. The molecule has 1 fully saturated rings. The molecule has 2 heterocycles. The van der Waals surface area contributed by atoms with E-state index in [1.165, 1.54) is 17.5 Å². The van der Waals surface area contributed by atoms with E-state index in [4.69, 9.17) is 0 Å². The molecule has 1 N–H and O–H groups in total.